The Morgan fingerprint density at radius 2 is 1.83 bits per heavy atom. The highest BCUT2D eigenvalue weighted by Gasteiger charge is 2.11. The van der Waals surface area contributed by atoms with E-state index in [1.165, 1.54) is 10.8 Å². The summed E-state index contributed by atoms with van der Waals surface area (Å²) in [6.45, 7) is 0. The van der Waals surface area contributed by atoms with Crippen molar-refractivity contribution in [1.82, 2.24) is 0 Å². The van der Waals surface area contributed by atoms with Crippen molar-refractivity contribution in [3.05, 3.63) is 72.2 Å². The van der Waals surface area contributed by atoms with Crippen LogP contribution in [-0.2, 0) is 6.42 Å². The third-order valence-electron chi connectivity index (χ3n) is 3.22. The molecule has 0 aliphatic carbocycles. The molecule has 3 rings (SSSR count). The van der Waals surface area contributed by atoms with Crippen LogP contribution in [0.5, 0.6) is 0 Å². The van der Waals surface area contributed by atoms with E-state index in [2.05, 4.69) is 24.3 Å². The van der Waals surface area contributed by atoms with E-state index in [0.29, 0.717) is 6.42 Å². The lowest BCUT2D eigenvalue weighted by molar-refractivity contribution is 0.178. The van der Waals surface area contributed by atoms with Crippen molar-refractivity contribution in [2.45, 2.75) is 12.5 Å². The number of hydrogen-bond acceptors (Lipinski definition) is 2. The summed E-state index contributed by atoms with van der Waals surface area (Å²) in [6.07, 6.45) is 3.26. The van der Waals surface area contributed by atoms with Crippen LogP contribution < -0.4 is 0 Å². The van der Waals surface area contributed by atoms with Crippen molar-refractivity contribution in [3.8, 4) is 0 Å². The summed E-state index contributed by atoms with van der Waals surface area (Å²) in [6, 6.07) is 16.2. The smallest absolute Gasteiger partial charge is 0.0960 e. The first-order valence-corrected chi connectivity index (χ1v) is 6.01. The van der Waals surface area contributed by atoms with Gasteiger partial charge in [-0.15, -0.1) is 0 Å². The molecule has 0 aliphatic rings. The van der Waals surface area contributed by atoms with Gasteiger partial charge in [-0.05, 0) is 22.4 Å². The third kappa shape index (κ3) is 2.03. The van der Waals surface area contributed by atoms with Gasteiger partial charge in [0.1, 0.15) is 0 Å². The van der Waals surface area contributed by atoms with Crippen molar-refractivity contribution < 1.29 is 9.52 Å². The molecule has 1 unspecified atom stereocenters. The number of benzene rings is 2. The summed E-state index contributed by atoms with van der Waals surface area (Å²) in [5.74, 6) is 0. The molecule has 1 N–H and O–H groups in total. The predicted octanol–water partition coefficient (Wildman–Crippen LogP) is 3.71. The van der Waals surface area contributed by atoms with Crippen LogP contribution in [0.25, 0.3) is 10.8 Å². The zero-order valence-electron chi connectivity index (χ0n) is 9.91. The fraction of sp³-hybridized carbons (Fsp3) is 0.125. The molecule has 3 aromatic rings. The molecule has 0 aliphatic heterocycles. The summed E-state index contributed by atoms with van der Waals surface area (Å²) < 4.78 is 5.00. The Bertz CT molecular complexity index is 636. The minimum atomic E-state index is -0.519. The normalized spacial score (nSPS) is 12.7. The second-order valence-corrected chi connectivity index (χ2v) is 4.41. The highest BCUT2D eigenvalue weighted by atomic mass is 16.3. The minimum absolute atomic E-state index is 0.519. The van der Waals surface area contributed by atoms with Gasteiger partial charge in [0.25, 0.3) is 0 Å². The summed E-state index contributed by atoms with van der Waals surface area (Å²) >= 11 is 0. The average molecular weight is 238 g/mol. The fourth-order valence-corrected chi connectivity index (χ4v) is 2.26. The first-order chi connectivity index (χ1) is 8.84. The predicted molar refractivity (Wildman–Crippen MR) is 71.3 cm³/mol. The van der Waals surface area contributed by atoms with E-state index in [4.69, 9.17) is 4.42 Å². The van der Waals surface area contributed by atoms with Gasteiger partial charge < -0.3 is 9.52 Å². The highest BCUT2D eigenvalue weighted by molar-refractivity contribution is 5.85. The number of aliphatic hydroxyl groups excluding tert-OH is 1. The number of fused-ring (bicyclic) bond motifs is 1. The molecule has 2 aromatic carbocycles. The van der Waals surface area contributed by atoms with Gasteiger partial charge in [-0.3, -0.25) is 0 Å². The summed E-state index contributed by atoms with van der Waals surface area (Å²) in [7, 11) is 0. The molecule has 1 atom stereocenters. The number of aliphatic hydroxyl groups is 1. The Labute approximate surface area is 105 Å². The van der Waals surface area contributed by atoms with Gasteiger partial charge in [0.15, 0.2) is 0 Å². The van der Waals surface area contributed by atoms with Crippen molar-refractivity contribution >= 4 is 10.8 Å². The van der Waals surface area contributed by atoms with Gasteiger partial charge >= 0.3 is 0 Å². The molecule has 0 amide bonds. The van der Waals surface area contributed by atoms with E-state index in [1.807, 2.05) is 18.2 Å². The summed E-state index contributed by atoms with van der Waals surface area (Å²) in [5.41, 5.74) is 1.98. The van der Waals surface area contributed by atoms with Crippen LogP contribution in [0.1, 0.15) is 17.2 Å². The molecular weight excluding hydrogens is 224 g/mol. The molecule has 2 heteroatoms. The van der Waals surface area contributed by atoms with Crippen LogP contribution in [-0.4, -0.2) is 5.11 Å². The topological polar surface area (TPSA) is 33.4 Å². The van der Waals surface area contributed by atoms with Gasteiger partial charge in [-0.2, -0.15) is 0 Å². The van der Waals surface area contributed by atoms with Gasteiger partial charge in [-0.1, -0.05) is 42.5 Å². The van der Waals surface area contributed by atoms with E-state index < -0.39 is 6.10 Å². The first-order valence-electron chi connectivity index (χ1n) is 6.01. The maximum Gasteiger partial charge on any atom is 0.0960 e. The molecule has 1 heterocycles. The SMILES string of the molecule is OC(Cc1cccc2ccccc12)c1ccoc1. The maximum atomic E-state index is 10.2. The van der Waals surface area contributed by atoms with Gasteiger partial charge in [0.2, 0.25) is 0 Å². The van der Waals surface area contributed by atoms with Crippen LogP contribution in [0, 0.1) is 0 Å². The zero-order chi connectivity index (χ0) is 12.4. The van der Waals surface area contributed by atoms with E-state index in [9.17, 15) is 5.11 Å². The maximum absolute atomic E-state index is 10.2. The molecule has 2 nitrogen and oxygen atoms in total. The first kappa shape index (κ1) is 11.1. The quantitative estimate of drug-likeness (QED) is 0.754. The molecule has 0 bridgehead atoms. The van der Waals surface area contributed by atoms with Crippen LogP contribution in [0.2, 0.25) is 0 Å². The Morgan fingerprint density at radius 3 is 2.67 bits per heavy atom. The summed E-state index contributed by atoms with van der Waals surface area (Å²) in [5, 5.41) is 12.6. The monoisotopic (exact) mass is 238 g/mol. The number of furan rings is 1. The third-order valence-corrected chi connectivity index (χ3v) is 3.22. The van der Waals surface area contributed by atoms with Crippen LogP contribution >= 0.6 is 0 Å². The van der Waals surface area contributed by atoms with Crippen molar-refractivity contribution in [2.24, 2.45) is 0 Å². The van der Waals surface area contributed by atoms with Crippen molar-refractivity contribution in [2.75, 3.05) is 0 Å². The van der Waals surface area contributed by atoms with Gasteiger partial charge in [-0.25, -0.2) is 0 Å². The van der Waals surface area contributed by atoms with E-state index in [-0.39, 0.29) is 0 Å². The van der Waals surface area contributed by atoms with Crippen molar-refractivity contribution in [1.29, 1.82) is 0 Å². The lowest BCUT2D eigenvalue weighted by atomic mass is 9.98. The molecule has 1 aromatic heterocycles. The van der Waals surface area contributed by atoms with E-state index in [0.717, 1.165) is 11.1 Å². The molecule has 0 spiro atoms. The van der Waals surface area contributed by atoms with Gasteiger partial charge in [0, 0.05) is 12.0 Å². The number of hydrogen-bond donors (Lipinski definition) is 1. The van der Waals surface area contributed by atoms with Crippen LogP contribution in [0.4, 0.5) is 0 Å². The molecule has 0 saturated heterocycles. The zero-order valence-corrected chi connectivity index (χ0v) is 9.91. The molecule has 0 fully saturated rings. The highest BCUT2D eigenvalue weighted by Crippen LogP contribution is 2.24. The largest absolute Gasteiger partial charge is 0.472 e. The van der Waals surface area contributed by atoms with Gasteiger partial charge in [0.05, 0.1) is 18.6 Å². The average Bonchev–Trinajstić information content (AvgIpc) is 2.93. The van der Waals surface area contributed by atoms with Crippen LogP contribution in [0.3, 0.4) is 0 Å². The second kappa shape index (κ2) is 4.67. The molecule has 0 saturated carbocycles. The lowest BCUT2D eigenvalue weighted by Crippen LogP contribution is -2.00. The van der Waals surface area contributed by atoms with E-state index >= 15 is 0 Å². The molecule has 90 valence electrons. The van der Waals surface area contributed by atoms with Crippen LogP contribution in [0.15, 0.2) is 65.5 Å². The standard InChI is InChI=1S/C16H14O2/c17-16(14-8-9-18-11-14)10-13-6-3-5-12-4-1-2-7-15(12)13/h1-9,11,16-17H,10H2. The Kier molecular flexibility index (Phi) is 2.87. The summed E-state index contributed by atoms with van der Waals surface area (Å²) in [4.78, 5) is 0. The molecular formula is C16H14O2. The molecule has 18 heavy (non-hydrogen) atoms. The Hall–Kier alpha value is -2.06. The Balaban J connectivity index is 1.95. The minimum Gasteiger partial charge on any atom is -0.472 e. The number of rotatable bonds is 3. The lowest BCUT2D eigenvalue weighted by Gasteiger charge is -2.11. The Morgan fingerprint density at radius 1 is 1.00 bits per heavy atom. The van der Waals surface area contributed by atoms with Crippen molar-refractivity contribution in [3.63, 3.8) is 0 Å². The molecule has 0 radical (unpaired) electrons. The fourth-order valence-electron chi connectivity index (χ4n) is 2.26. The van der Waals surface area contributed by atoms with E-state index in [1.54, 1.807) is 18.6 Å². The second-order valence-electron chi connectivity index (χ2n) is 4.41.